The number of hydrogen-bond donors (Lipinski definition) is 1. The van der Waals surface area contributed by atoms with Gasteiger partial charge in [0.05, 0.1) is 4.47 Å². The summed E-state index contributed by atoms with van der Waals surface area (Å²) in [6, 6.07) is 4.36. The molecule has 0 radical (unpaired) electrons. The number of thioether (sulfide) groups is 1. The number of rotatable bonds is 5. The van der Waals surface area contributed by atoms with Crippen molar-refractivity contribution >= 4 is 33.6 Å². The van der Waals surface area contributed by atoms with E-state index in [0.717, 1.165) is 12.2 Å². The Morgan fingerprint density at radius 1 is 1.56 bits per heavy atom. The molecule has 1 N–H and O–H groups in total. The topological polar surface area (TPSA) is 29.1 Å². The zero-order valence-electron chi connectivity index (χ0n) is 8.93. The lowest BCUT2D eigenvalue weighted by Crippen LogP contribution is -2.24. The van der Waals surface area contributed by atoms with E-state index in [0.29, 0.717) is 16.6 Å². The number of carbonyl (C=O) groups is 1. The second-order valence-corrected chi connectivity index (χ2v) is 5.07. The third-order valence-corrected chi connectivity index (χ3v) is 3.33. The maximum Gasteiger partial charge on any atom is 0.251 e. The van der Waals surface area contributed by atoms with Crippen LogP contribution in [0.5, 0.6) is 0 Å². The number of amides is 1. The van der Waals surface area contributed by atoms with E-state index in [1.54, 1.807) is 17.8 Å². The number of benzene rings is 1. The molecule has 0 saturated heterocycles. The predicted octanol–water partition coefficient (Wildman–Crippen LogP) is 3.07. The first-order valence-corrected chi connectivity index (χ1v) is 7.06. The SMILES string of the molecule is CSCCCNC(=O)c1ccc(Br)c(F)c1. The van der Waals surface area contributed by atoms with Gasteiger partial charge in [-0.1, -0.05) is 0 Å². The lowest BCUT2D eigenvalue weighted by atomic mass is 10.2. The molecule has 0 spiro atoms. The van der Waals surface area contributed by atoms with Gasteiger partial charge in [-0.3, -0.25) is 4.79 Å². The molecule has 0 bridgehead atoms. The molecule has 1 aromatic carbocycles. The molecule has 0 fully saturated rings. The monoisotopic (exact) mass is 305 g/mol. The number of nitrogens with one attached hydrogen (secondary N) is 1. The summed E-state index contributed by atoms with van der Waals surface area (Å²) in [6.07, 6.45) is 2.94. The van der Waals surface area contributed by atoms with Crippen molar-refractivity contribution < 1.29 is 9.18 Å². The summed E-state index contributed by atoms with van der Waals surface area (Å²) in [5.74, 6) is 0.360. The zero-order valence-corrected chi connectivity index (χ0v) is 11.3. The minimum Gasteiger partial charge on any atom is -0.352 e. The molecule has 2 nitrogen and oxygen atoms in total. The van der Waals surface area contributed by atoms with Crippen molar-refractivity contribution in [2.45, 2.75) is 6.42 Å². The van der Waals surface area contributed by atoms with Gasteiger partial charge in [-0.15, -0.1) is 0 Å². The average molecular weight is 306 g/mol. The van der Waals surface area contributed by atoms with Crippen molar-refractivity contribution in [3.63, 3.8) is 0 Å². The van der Waals surface area contributed by atoms with Gasteiger partial charge in [0.1, 0.15) is 5.82 Å². The van der Waals surface area contributed by atoms with Crippen molar-refractivity contribution in [2.24, 2.45) is 0 Å². The number of hydrogen-bond acceptors (Lipinski definition) is 2. The van der Waals surface area contributed by atoms with E-state index >= 15 is 0 Å². The molecule has 16 heavy (non-hydrogen) atoms. The highest BCUT2D eigenvalue weighted by Gasteiger charge is 2.07. The molecule has 0 unspecified atom stereocenters. The molecule has 0 heterocycles. The molecule has 1 rings (SSSR count). The van der Waals surface area contributed by atoms with E-state index in [1.807, 2.05) is 6.26 Å². The van der Waals surface area contributed by atoms with Gasteiger partial charge >= 0.3 is 0 Å². The van der Waals surface area contributed by atoms with Crippen LogP contribution in [-0.4, -0.2) is 24.5 Å². The van der Waals surface area contributed by atoms with Crippen LogP contribution in [0.2, 0.25) is 0 Å². The van der Waals surface area contributed by atoms with Crippen LogP contribution < -0.4 is 5.32 Å². The summed E-state index contributed by atoms with van der Waals surface area (Å²) in [7, 11) is 0. The van der Waals surface area contributed by atoms with E-state index in [1.165, 1.54) is 12.1 Å². The van der Waals surface area contributed by atoms with Crippen molar-refractivity contribution in [1.29, 1.82) is 0 Å². The molecule has 1 amide bonds. The molecule has 5 heteroatoms. The Labute approximate surface area is 107 Å². The Morgan fingerprint density at radius 3 is 2.94 bits per heavy atom. The molecular weight excluding hydrogens is 293 g/mol. The Hall–Kier alpha value is -0.550. The third kappa shape index (κ3) is 4.14. The molecule has 0 aromatic heterocycles. The molecule has 0 aliphatic heterocycles. The lowest BCUT2D eigenvalue weighted by molar-refractivity contribution is 0.0953. The highest BCUT2D eigenvalue weighted by molar-refractivity contribution is 9.10. The molecule has 0 aliphatic rings. The third-order valence-electron chi connectivity index (χ3n) is 1.99. The summed E-state index contributed by atoms with van der Waals surface area (Å²) in [5, 5.41) is 2.75. The fourth-order valence-electron chi connectivity index (χ4n) is 1.16. The summed E-state index contributed by atoms with van der Waals surface area (Å²) in [6.45, 7) is 0.622. The normalized spacial score (nSPS) is 10.2. The van der Waals surface area contributed by atoms with Gasteiger partial charge in [0.15, 0.2) is 0 Å². The van der Waals surface area contributed by atoms with Crippen LogP contribution in [0.3, 0.4) is 0 Å². The Bertz CT molecular complexity index is 373. The highest BCUT2D eigenvalue weighted by atomic mass is 79.9. The quantitative estimate of drug-likeness (QED) is 0.847. The van der Waals surface area contributed by atoms with E-state index in [-0.39, 0.29) is 5.91 Å². The van der Waals surface area contributed by atoms with E-state index in [2.05, 4.69) is 21.2 Å². The number of halogens is 2. The second-order valence-electron chi connectivity index (χ2n) is 3.23. The molecule has 0 atom stereocenters. The first-order chi connectivity index (χ1) is 7.65. The second kappa shape index (κ2) is 6.91. The van der Waals surface area contributed by atoms with Gasteiger partial charge in [0.2, 0.25) is 0 Å². The van der Waals surface area contributed by atoms with Crippen LogP contribution >= 0.6 is 27.7 Å². The van der Waals surface area contributed by atoms with Gasteiger partial charge in [0.25, 0.3) is 5.91 Å². The minimum atomic E-state index is -0.420. The van der Waals surface area contributed by atoms with Crippen LogP contribution in [0, 0.1) is 5.82 Å². The molecule has 88 valence electrons. The average Bonchev–Trinajstić information content (AvgIpc) is 2.28. The Balaban J connectivity index is 2.50. The fourth-order valence-corrected chi connectivity index (χ4v) is 1.84. The van der Waals surface area contributed by atoms with Crippen LogP contribution in [0.25, 0.3) is 0 Å². The summed E-state index contributed by atoms with van der Waals surface area (Å²) < 4.78 is 13.5. The maximum atomic E-state index is 13.2. The molecule has 1 aromatic rings. The number of carbonyl (C=O) groups excluding carboxylic acids is 1. The standard InChI is InChI=1S/C11H13BrFNOS/c1-16-6-2-5-14-11(15)8-3-4-9(12)10(13)7-8/h3-4,7H,2,5-6H2,1H3,(H,14,15). The van der Waals surface area contributed by atoms with Crippen molar-refractivity contribution in [1.82, 2.24) is 5.32 Å². The smallest absolute Gasteiger partial charge is 0.251 e. The highest BCUT2D eigenvalue weighted by Crippen LogP contribution is 2.16. The van der Waals surface area contributed by atoms with E-state index in [9.17, 15) is 9.18 Å². The predicted molar refractivity (Wildman–Crippen MR) is 69.4 cm³/mol. The molecular formula is C11H13BrFNOS. The Morgan fingerprint density at radius 2 is 2.31 bits per heavy atom. The van der Waals surface area contributed by atoms with E-state index < -0.39 is 5.82 Å². The van der Waals surface area contributed by atoms with Crippen LogP contribution in [-0.2, 0) is 0 Å². The first-order valence-electron chi connectivity index (χ1n) is 4.87. The summed E-state index contributed by atoms with van der Waals surface area (Å²) >= 11 is 4.78. The first kappa shape index (κ1) is 13.5. The van der Waals surface area contributed by atoms with Gasteiger partial charge in [-0.2, -0.15) is 11.8 Å². The van der Waals surface area contributed by atoms with Gasteiger partial charge in [-0.25, -0.2) is 4.39 Å². The van der Waals surface area contributed by atoms with Crippen molar-refractivity contribution in [3.8, 4) is 0 Å². The maximum absolute atomic E-state index is 13.2. The van der Waals surface area contributed by atoms with Crippen LogP contribution in [0.15, 0.2) is 22.7 Å². The van der Waals surface area contributed by atoms with E-state index in [4.69, 9.17) is 0 Å². The van der Waals surface area contributed by atoms with Gasteiger partial charge in [-0.05, 0) is 52.6 Å². The Kier molecular flexibility index (Phi) is 5.84. The molecule has 0 aliphatic carbocycles. The lowest BCUT2D eigenvalue weighted by Gasteiger charge is -2.05. The van der Waals surface area contributed by atoms with Gasteiger partial charge < -0.3 is 5.32 Å². The van der Waals surface area contributed by atoms with Crippen molar-refractivity contribution in [3.05, 3.63) is 34.1 Å². The fraction of sp³-hybridized carbons (Fsp3) is 0.364. The summed E-state index contributed by atoms with van der Waals surface area (Å²) in [4.78, 5) is 11.6. The van der Waals surface area contributed by atoms with Crippen LogP contribution in [0.1, 0.15) is 16.8 Å². The minimum absolute atomic E-state index is 0.229. The summed E-state index contributed by atoms with van der Waals surface area (Å²) in [5.41, 5.74) is 0.352. The largest absolute Gasteiger partial charge is 0.352 e. The zero-order chi connectivity index (χ0) is 12.0. The molecule has 0 saturated carbocycles. The van der Waals surface area contributed by atoms with Gasteiger partial charge in [0, 0.05) is 12.1 Å². The van der Waals surface area contributed by atoms with Crippen LogP contribution in [0.4, 0.5) is 4.39 Å². The van der Waals surface area contributed by atoms with Crippen molar-refractivity contribution in [2.75, 3.05) is 18.6 Å².